The molecule has 1 unspecified atom stereocenters. The van der Waals surface area contributed by atoms with Gasteiger partial charge in [-0.2, -0.15) is 0 Å². The Morgan fingerprint density at radius 3 is 2.39 bits per heavy atom. The summed E-state index contributed by atoms with van der Waals surface area (Å²) in [6.45, 7) is 3.95. The molecule has 5 nitrogen and oxygen atoms in total. The predicted octanol–water partition coefficient (Wildman–Crippen LogP) is 5.49. The van der Waals surface area contributed by atoms with Gasteiger partial charge in [-0.1, -0.05) is 29.8 Å². The van der Waals surface area contributed by atoms with Crippen molar-refractivity contribution in [3.63, 3.8) is 0 Å². The summed E-state index contributed by atoms with van der Waals surface area (Å²) in [4.78, 5) is 14.6. The largest absolute Gasteiger partial charge is 0.368 e. The molecule has 0 saturated heterocycles. The quantitative estimate of drug-likeness (QED) is 0.545. The minimum Gasteiger partial charge on any atom is -0.368 e. The third kappa shape index (κ3) is 4.14. The van der Waals surface area contributed by atoms with Crippen LogP contribution in [0.15, 0.2) is 59.9 Å². The summed E-state index contributed by atoms with van der Waals surface area (Å²) in [6, 6.07) is 10.3. The van der Waals surface area contributed by atoms with Crippen LogP contribution in [0.3, 0.4) is 0 Å². The number of rotatable bonds is 4. The summed E-state index contributed by atoms with van der Waals surface area (Å²) in [5.41, 5.74) is 9.41. The summed E-state index contributed by atoms with van der Waals surface area (Å²) in [5, 5.41) is -0.514. The molecule has 1 aliphatic heterocycles. The number of nitrogen functional groups attached to an aromatic ring is 1. The van der Waals surface area contributed by atoms with E-state index in [2.05, 4.69) is 15.0 Å². The summed E-state index contributed by atoms with van der Waals surface area (Å²) < 4.78 is 28.3. The van der Waals surface area contributed by atoms with Crippen LogP contribution in [-0.4, -0.2) is 27.2 Å². The lowest BCUT2D eigenvalue weighted by Crippen LogP contribution is -2.35. The van der Waals surface area contributed by atoms with Crippen LogP contribution >= 0.6 is 11.6 Å². The summed E-state index contributed by atoms with van der Waals surface area (Å²) in [7, 11) is 0. The van der Waals surface area contributed by atoms with E-state index >= 15 is 0 Å². The van der Waals surface area contributed by atoms with Crippen molar-refractivity contribution in [3.05, 3.63) is 82.7 Å². The first kappa shape index (κ1) is 20.9. The van der Waals surface area contributed by atoms with Crippen molar-refractivity contribution in [1.29, 1.82) is 0 Å². The highest BCUT2D eigenvalue weighted by Crippen LogP contribution is 2.36. The molecule has 0 saturated carbocycles. The van der Waals surface area contributed by atoms with Gasteiger partial charge in [-0.25, -0.2) is 18.7 Å². The van der Waals surface area contributed by atoms with Gasteiger partial charge in [-0.05, 0) is 49.2 Å². The third-order valence-corrected chi connectivity index (χ3v) is 5.65. The highest BCUT2D eigenvalue weighted by atomic mass is 35.5. The van der Waals surface area contributed by atoms with Crippen molar-refractivity contribution in [3.8, 4) is 11.1 Å². The van der Waals surface area contributed by atoms with E-state index in [0.29, 0.717) is 11.3 Å². The number of halogens is 3. The van der Waals surface area contributed by atoms with Crippen LogP contribution in [0.5, 0.6) is 0 Å². The van der Waals surface area contributed by atoms with Crippen LogP contribution < -0.4 is 5.73 Å². The van der Waals surface area contributed by atoms with Crippen molar-refractivity contribution in [2.24, 2.45) is 4.99 Å². The van der Waals surface area contributed by atoms with Gasteiger partial charge in [0.15, 0.2) is 0 Å². The number of aliphatic imine (C=N–C) groups is 1. The van der Waals surface area contributed by atoms with Gasteiger partial charge in [-0.3, -0.25) is 4.99 Å². The number of allylic oxidation sites excluding steroid dienone is 1. The Bertz CT molecular complexity index is 1150. The number of hydrogen-bond donors (Lipinski definition) is 1. The molecule has 2 heterocycles. The van der Waals surface area contributed by atoms with Gasteiger partial charge in [0.05, 0.1) is 6.04 Å². The van der Waals surface area contributed by atoms with E-state index in [1.165, 1.54) is 12.1 Å². The first-order valence-corrected chi connectivity index (χ1v) is 10.1. The van der Waals surface area contributed by atoms with Crippen LogP contribution in [-0.2, 0) is 0 Å². The standard InChI is InChI=1S/C23H20ClF2N5/c1-13(15-4-3-5-16(8-15)18-11-29-23(27)30-12-18)31-14(2)28-7-6-21(31)17-9-19(25)22(24)20(26)10-17/h3-14H,1-2H3,(H2,27,29,30)/t13-,14?/m0/s1. The fourth-order valence-corrected chi connectivity index (χ4v) is 3.81. The SMILES string of the molecule is CC1N=CC=C(c2cc(F)c(Cl)c(F)c2)N1[C@@H](C)c1cccc(-c2cnc(N)nc2)c1. The van der Waals surface area contributed by atoms with Gasteiger partial charge >= 0.3 is 0 Å². The number of hydrogen-bond acceptors (Lipinski definition) is 5. The Labute approximate surface area is 183 Å². The lowest BCUT2D eigenvalue weighted by Gasteiger charge is -2.38. The van der Waals surface area contributed by atoms with E-state index < -0.39 is 16.7 Å². The fraction of sp³-hybridized carbons (Fsp3) is 0.174. The maximum absolute atomic E-state index is 14.1. The van der Waals surface area contributed by atoms with Gasteiger partial charge in [0, 0.05) is 35.4 Å². The second-order valence-electron chi connectivity index (χ2n) is 7.27. The lowest BCUT2D eigenvalue weighted by molar-refractivity contribution is 0.252. The second-order valence-corrected chi connectivity index (χ2v) is 7.65. The Hall–Kier alpha value is -3.32. The van der Waals surface area contributed by atoms with E-state index in [1.807, 2.05) is 43.0 Å². The molecule has 4 rings (SSSR count). The first-order chi connectivity index (χ1) is 14.8. The van der Waals surface area contributed by atoms with Crippen LogP contribution in [0.4, 0.5) is 14.7 Å². The molecular weight excluding hydrogens is 420 g/mol. The molecule has 0 aliphatic carbocycles. The zero-order chi connectivity index (χ0) is 22.1. The number of anilines is 1. The zero-order valence-electron chi connectivity index (χ0n) is 16.9. The highest BCUT2D eigenvalue weighted by molar-refractivity contribution is 6.30. The lowest BCUT2D eigenvalue weighted by atomic mass is 9.98. The molecule has 0 spiro atoms. The monoisotopic (exact) mass is 439 g/mol. The molecule has 2 atom stereocenters. The molecule has 0 amide bonds. The molecule has 1 aromatic heterocycles. The first-order valence-electron chi connectivity index (χ1n) is 9.69. The average molecular weight is 440 g/mol. The molecule has 0 bridgehead atoms. The Kier molecular flexibility index (Phi) is 5.69. The fourth-order valence-electron chi connectivity index (χ4n) is 3.70. The molecule has 31 heavy (non-hydrogen) atoms. The van der Waals surface area contributed by atoms with E-state index in [9.17, 15) is 8.78 Å². The normalized spacial score (nSPS) is 16.9. The van der Waals surface area contributed by atoms with Gasteiger partial charge in [-0.15, -0.1) is 0 Å². The average Bonchev–Trinajstić information content (AvgIpc) is 2.77. The molecule has 158 valence electrons. The summed E-state index contributed by atoms with van der Waals surface area (Å²) in [5.74, 6) is -1.39. The molecule has 8 heteroatoms. The van der Waals surface area contributed by atoms with Gasteiger partial charge in [0.2, 0.25) is 5.95 Å². The van der Waals surface area contributed by atoms with Crippen molar-refractivity contribution < 1.29 is 8.78 Å². The van der Waals surface area contributed by atoms with Crippen LogP contribution in [0.25, 0.3) is 16.8 Å². The zero-order valence-corrected chi connectivity index (χ0v) is 17.7. The van der Waals surface area contributed by atoms with Crippen molar-refractivity contribution >= 4 is 29.5 Å². The topological polar surface area (TPSA) is 67.4 Å². The predicted molar refractivity (Wildman–Crippen MR) is 119 cm³/mol. The molecule has 0 fully saturated rings. The molecule has 2 N–H and O–H groups in total. The number of aromatic nitrogens is 2. The Morgan fingerprint density at radius 1 is 1.03 bits per heavy atom. The number of nitrogens with zero attached hydrogens (tertiary/aromatic N) is 4. The minimum atomic E-state index is -0.800. The highest BCUT2D eigenvalue weighted by Gasteiger charge is 2.27. The number of nitrogens with two attached hydrogens (primary N) is 1. The maximum Gasteiger partial charge on any atom is 0.219 e. The second kappa shape index (κ2) is 8.43. The van der Waals surface area contributed by atoms with E-state index in [4.69, 9.17) is 17.3 Å². The van der Waals surface area contributed by atoms with Crippen molar-refractivity contribution in [1.82, 2.24) is 14.9 Å². The van der Waals surface area contributed by atoms with Crippen LogP contribution in [0.1, 0.15) is 31.0 Å². The van der Waals surface area contributed by atoms with E-state index in [-0.39, 0.29) is 18.2 Å². The van der Waals surface area contributed by atoms with E-state index in [1.54, 1.807) is 24.7 Å². The van der Waals surface area contributed by atoms with Crippen molar-refractivity contribution in [2.45, 2.75) is 26.1 Å². The van der Waals surface area contributed by atoms with Crippen LogP contribution in [0.2, 0.25) is 5.02 Å². The molecule has 2 aromatic carbocycles. The molecular formula is C23H20ClF2N5. The van der Waals surface area contributed by atoms with E-state index in [0.717, 1.165) is 16.7 Å². The minimum absolute atomic E-state index is 0.143. The third-order valence-electron chi connectivity index (χ3n) is 5.29. The van der Waals surface area contributed by atoms with Crippen LogP contribution in [0, 0.1) is 11.6 Å². The van der Waals surface area contributed by atoms with Crippen molar-refractivity contribution in [2.75, 3.05) is 5.73 Å². The van der Waals surface area contributed by atoms with Gasteiger partial charge < -0.3 is 10.6 Å². The Morgan fingerprint density at radius 2 is 1.71 bits per heavy atom. The van der Waals surface area contributed by atoms with Gasteiger partial charge in [0.25, 0.3) is 0 Å². The maximum atomic E-state index is 14.1. The summed E-state index contributed by atoms with van der Waals surface area (Å²) in [6.07, 6.45) is 6.50. The van der Waals surface area contributed by atoms with Gasteiger partial charge in [0.1, 0.15) is 22.8 Å². The number of benzene rings is 2. The molecule has 3 aromatic rings. The summed E-state index contributed by atoms with van der Waals surface area (Å²) >= 11 is 5.67. The Balaban J connectivity index is 1.72. The smallest absolute Gasteiger partial charge is 0.219 e. The molecule has 1 aliphatic rings. The molecule has 0 radical (unpaired) electrons.